The van der Waals surface area contributed by atoms with Crippen LogP contribution in [0, 0.1) is 5.92 Å². The number of nitrogens with zero attached hydrogens (tertiary/aromatic N) is 1. The Hall–Kier alpha value is -1.26. The van der Waals surface area contributed by atoms with Crippen LogP contribution in [0.15, 0.2) is 0 Å². The number of carboxylic acids is 1. The molecule has 2 N–H and O–H groups in total. The van der Waals surface area contributed by atoms with Gasteiger partial charge in [-0.15, -0.1) is 0 Å². The van der Waals surface area contributed by atoms with E-state index < -0.39 is 11.5 Å². The molecule has 2 amide bonds. The molecule has 1 aliphatic rings. The Morgan fingerprint density at radius 3 is 2.19 bits per heavy atom. The smallest absolute Gasteiger partial charge is 0.329 e. The lowest BCUT2D eigenvalue weighted by atomic mass is 9.75. The van der Waals surface area contributed by atoms with E-state index in [1.165, 1.54) is 0 Å². The highest BCUT2D eigenvalue weighted by atomic mass is 16.4. The quantitative estimate of drug-likeness (QED) is 0.818. The van der Waals surface area contributed by atoms with Gasteiger partial charge in [-0.05, 0) is 51.9 Å². The fraction of sp³-hybridized carbons (Fsp3) is 0.875. The van der Waals surface area contributed by atoms with Crippen molar-refractivity contribution in [3.63, 3.8) is 0 Å². The molecule has 0 unspecified atom stereocenters. The van der Waals surface area contributed by atoms with Crippen LogP contribution >= 0.6 is 0 Å². The first-order chi connectivity index (χ1) is 9.68. The molecule has 1 aliphatic carbocycles. The molecule has 0 bridgehead atoms. The van der Waals surface area contributed by atoms with Crippen LogP contribution in [0.5, 0.6) is 0 Å². The molecule has 0 aliphatic heterocycles. The van der Waals surface area contributed by atoms with Crippen molar-refractivity contribution in [1.82, 2.24) is 10.2 Å². The maximum atomic E-state index is 12.4. The van der Waals surface area contributed by atoms with Crippen molar-refractivity contribution in [2.75, 3.05) is 7.05 Å². The largest absolute Gasteiger partial charge is 0.480 e. The van der Waals surface area contributed by atoms with E-state index in [1.807, 2.05) is 20.8 Å². The average molecular weight is 298 g/mol. The minimum absolute atomic E-state index is 0.287. The van der Waals surface area contributed by atoms with Gasteiger partial charge in [-0.1, -0.05) is 20.3 Å². The van der Waals surface area contributed by atoms with Gasteiger partial charge in [-0.3, -0.25) is 0 Å². The first-order valence-electron chi connectivity index (χ1n) is 7.98. The number of nitrogens with one attached hydrogen (secondary N) is 1. The Labute approximate surface area is 128 Å². The van der Waals surface area contributed by atoms with Gasteiger partial charge in [-0.2, -0.15) is 0 Å². The summed E-state index contributed by atoms with van der Waals surface area (Å²) < 4.78 is 0. The summed E-state index contributed by atoms with van der Waals surface area (Å²) >= 11 is 0. The molecule has 1 fully saturated rings. The molecule has 0 aromatic rings. The molecule has 0 aromatic heterocycles. The maximum Gasteiger partial charge on any atom is 0.329 e. The molecular formula is C16H30N2O3. The van der Waals surface area contributed by atoms with Crippen LogP contribution in [0.25, 0.3) is 0 Å². The summed E-state index contributed by atoms with van der Waals surface area (Å²) in [6.45, 7) is 8.11. The molecule has 5 heteroatoms. The SMILES string of the molecule is CCC1CCC(NC(=O)N(C)C(C)(C)CC)(C(=O)O)CC1. The molecule has 0 heterocycles. The molecule has 5 nitrogen and oxygen atoms in total. The van der Waals surface area contributed by atoms with E-state index >= 15 is 0 Å². The molecule has 1 rings (SSSR count). The highest BCUT2D eigenvalue weighted by molar-refractivity contribution is 5.86. The number of hydrogen-bond acceptors (Lipinski definition) is 2. The van der Waals surface area contributed by atoms with E-state index in [1.54, 1.807) is 11.9 Å². The molecule has 0 spiro atoms. The molecule has 1 saturated carbocycles. The van der Waals surface area contributed by atoms with E-state index in [0.717, 1.165) is 25.7 Å². The van der Waals surface area contributed by atoms with Crippen LogP contribution in [0.2, 0.25) is 0 Å². The van der Waals surface area contributed by atoms with Gasteiger partial charge in [0.05, 0.1) is 0 Å². The summed E-state index contributed by atoms with van der Waals surface area (Å²) in [6.07, 6.45) is 4.66. The van der Waals surface area contributed by atoms with E-state index in [9.17, 15) is 14.7 Å². The van der Waals surface area contributed by atoms with Crippen LogP contribution < -0.4 is 5.32 Å². The molecule has 0 aromatic carbocycles. The van der Waals surface area contributed by atoms with Gasteiger partial charge < -0.3 is 15.3 Å². The lowest BCUT2D eigenvalue weighted by molar-refractivity contribution is -0.146. The number of hydrogen-bond donors (Lipinski definition) is 2. The Morgan fingerprint density at radius 1 is 1.29 bits per heavy atom. The number of carbonyl (C=O) groups is 2. The molecule has 122 valence electrons. The van der Waals surface area contributed by atoms with Crippen molar-refractivity contribution in [3.8, 4) is 0 Å². The second-order valence-electron chi connectivity index (χ2n) is 6.89. The van der Waals surface area contributed by atoms with Crippen molar-refractivity contribution >= 4 is 12.0 Å². The fourth-order valence-corrected chi connectivity index (χ4v) is 2.77. The van der Waals surface area contributed by atoms with Crippen LogP contribution in [0.3, 0.4) is 0 Å². The normalized spacial score (nSPS) is 26.2. The average Bonchev–Trinajstić information content (AvgIpc) is 2.46. The fourth-order valence-electron chi connectivity index (χ4n) is 2.77. The third-order valence-corrected chi connectivity index (χ3v) is 5.37. The number of amides is 2. The van der Waals surface area contributed by atoms with Crippen molar-refractivity contribution in [2.24, 2.45) is 5.92 Å². The van der Waals surface area contributed by atoms with Crippen LogP contribution in [0.1, 0.15) is 66.2 Å². The number of carboxylic acid groups (broad SMARTS) is 1. The van der Waals surface area contributed by atoms with Crippen LogP contribution in [-0.2, 0) is 4.79 Å². The third kappa shape index (κ3) is 3.89. The highest BCUT2D eigenvalue weighted by Crippen LogP contribution is 2.34. The van der Waals surface area contributed by atoms with Gasteiger partial charge in [0.2, 0.25) is 0 Å². The zero-order valence-electron chi connectivity index (χ0n) is 14.0. The Bertz CT molecular complexity index is 385. The van der Waals surface area contributed by atoms with Gasteiger partial charge in [0.25, 0.3) is 0 Å². The van der Waals surface area contributed by atoms with Gasteiger partial charge >= 0.3 is 12.0 Å². The highest BCUT2D eigenvalue weighted by Gasteiger charge is 2.44. The van der Waals surface area contributed by atoms with Crippen LogP contribution in [0.4, 0.5) is 4.79 Å². The van der Waals surface area contributed by atoms with Crippen LogP contribution in [-0.4, -0.2) is 40.1 Å². The van der Waals surface area contributed by atoms with E-state index in [0.29, 0.717) is 18.8 Å². The van der Waals surface area contributed by atoms with Crippen molar-refractivity contribution < 1.29 is 14.7 Å². The zero-order chi connectivity index (χ0) is 16.3. The number of urea groups is 1. The minimum Gasteiger partial charge on any atom is -0.480 e. The number of rotatable bonds is 5. The summed E-state index contributed by atoms with van der Waals surface area (Å²) in [5.74, 6) is -0.327. The second-order valence-corrected chi connectivity index (χ2v) is 6.89. The third-order valence-electron chi connectivity index (χ3n) is 5.37. The minimum atomic E-state index is -1.10. The molecule has 0 atom stereocenters. The summed E-state index contributed by atoms with van der Waals surface area (Å²) in [7, 11) is 1.73. The van der Waals surface area contributed by atoms with Gasteiger partial charge in [-0.25, -0.2) is 9.59 Å². The zero-order valence-corrected chi connectivity index (χ0v) is 14.0. The number of aliphatic carboxylic acids is 1. The Balaban J connectivity index is 2.81. The van der Waals surface area contributed by atoms with E-state index in [-0.39, 0.29) is 11.6 Å². The standard InChI is InChI=1S/C16H30N2O3/c1-6-12-8-10-16(11-9-12,13(19)20)17-14(21)18(5)15(3,4)7-2/h12H,6-11H2,1-5H3,(H,17,21)(H,19,20). The summed E-state index contributed by atoms with van der Waals surface area (Å²) in [5, 5.41) is 12.4. The van der Waals surface area contributed by atoms with Crippen molar-refractivity contribution in [1.29, 1.82) is 0 Å². The van der Waals surface area contributed by atoms with Crippen molar-refractivity contribution in [2.45, 2.75) is 77.3 Å². The molecule has 0 saturated heterocycles. The van der Waals surface area contributed by atoms with Gasteiger partial charge in [0.15, 0.2) is 0 Å². The summed E-state index contributed by atoms with van der Waals surface area (Å²) in [4.78, 5) is 25.8. The van der Waals surface area contributed by atoms with E-state index in [2.05, 4.69) is 12.2 Å². The predicted octanol–water partition coefficient (Wildman–Crippen LogP) is 3.24. The summed E-state index contributed by atoms with van der Waals surface area (Å²) in [5.41, 5.74) is -1.38. The van der Waals surface area contributed by atoms with Gasteiger partial charge in [0, 0.05) is 12.6 Å². The van der Waals surface area contributed by atoms with Gasteiger partial charge in [0.1, 0.15) is 5.54 Å². The van der Waals surface area contributed by atoms with Crippen molar-refractivity contribution in [3.05, 3.63) is 0 Å². The lowest BCUT2D eigenvalue weighted by Crippen LogP contribution is -2.61. The molecular weight excluding hydrogens is 268 g/mol. The maximum absolute atomic E-state index is 12.4. The first kappa shape index (κ1) is 17.8. The monoisotopic (exact) mass is 298 g/mol. The van der Waals surface area contributed by atoms with E-state index in [4.69, 9.17) is 0 Å². The number of carbonyl (C=O) groups excluding carboxylic acids is 1. The Morgan fingerprint density at radius 2 is 1.81 bits per heavy atom. The first-order valence-corrected chi connectivity index (χ1v) is 7.98. The lowest BCUT2D eigenvalue weighted by Gasteiger charge is -2.41. The molecule has 21 heavy (non-hydrogen) atoms. The second kappa shape index (κ2) is 6.67. The topological polar surface area (TPSA) is 69.6 Å². The summed E-state index contributed by atoms with van der Waals surface area (Å²) in [6, 6.07) is -0.292. The predicted molar refractivity (Wildman–Crippen MR) is 83.3 cm³/mol. The Kier molecular flexibility index (Phi) is 5.65. The molecule has 0 radical (unpaired) electrons.